The maximum absolute atomic E-state index is 12.3. The molecule has 0 atom stereocenters. The lowest BCUT2D eigenvalue weighted by atomic mass is 10.1. The van der Waals surface area contributed by atoms with Crippen molar-refractivity contribution in [1.29, 1.82) is 0 Å². The smallest absolute Gasteiger partial charge is 0.341 e. The lowest BCUT2D eigenvalue weighted by molar-refractivity contribution is -0.146. The van der Waals surface area contributed by atoms with Gasteiger partial charge in [-0.3, -0.25) is 14.4 Å². The van der Waals surface area contributed by atoms with Crippen LogP contribution in [0, 0.1) is 6.92 Å². The van der Waals surface area contributed by atoms with Gasteiger partial charge in [0.15, 0.2) is 6.61 Å². The Kier molecular flexibility index (Phi) is 8.54. The number of aryl methyl sites for hydroxylation is 1. The highest BCUT2D eigenvalue weighted by Gasteiger charge is 2.23. The number of carbonyl (C=O) groups is 4. The van der Waals surface area contributed by atoms with Gasteiger partial charge in [-0.15, -0.1) is 11.3 Å². The van der Waals surface area contributed by atoms with E-state index in [0.29, 0.717) is 22.5 Å². The number of rotatable bonds is 9. The fourth-order valence-electron chi connectivity index (χ4n) is 2.72. The van der Waals surface area contributed by atoms with Crippen LogP contribution in [-0.2, 0) is 25.5 Å². The van der Waals surface area contributed by atoms with Gasteiger partial charge in [0.05, 0.1) is 12.2 Å². The van der Waals surface area contributed by atoms with Gasteiger partial charge in [0.2, 0.25) is 0 Å². The molecule has 0 aliphatic rings. The van der Waals surface area contributed by atoms with E-state index in [4.69, 9.17) is 9.47 Å². The maximum atomic E-state index is 12.3. The molecule has 2 rings (SSSR count). The van der Waals surface area contributed by atoms with Crippen LogP contribution in [0.15, 0.2) is 30.3 Å². The summed E-state index contributed by atoms with van der Waals surface area (Å²) in [5, 5.41) is 5.39. The zero-order valence-corrected chi connectivity index (χ0v) is 17.9. The molecule has 0 aliphatic heterocycles. The minimum absolute atomic E-state index is 0.219. The SMILES string of the molecule is CCOC(=O)c1c(NC(=O)COC(=O)CNC(=O)c2ccccc2)sc(C)c1CC. The first-order valence-electron chi connectivity index (χ1n) is 9.45. The van der Waals surface area contributed by atoms with E-state index in [9.17, 15) is 19.2 Å². The molecule has 0 unspecified atom stereocenters. The molecule has 1 aromatic carbocycles. The number of thiophene rings is 1. The van der Waals surface area contributed by atoms with Gasteiger partial charge in [0, 0.05) is 10.4 Å². The summed E-state index contributed by atoms with van der Waals surface area (Å²) in [6.45, 7) is 4.79. The van der Waals surface area contributed by atoms with Crippen LogP contribution in [0.3, 0.4) is 0 Å². The zero-order valence-electron chi connectivity index (χ0n) is 17.1. The van der Waals surface area contributed by atoms with Crippen molar-refractivity contribution >= 4 is 40.1 Å². The van der Waals surface area contributed by atoms with Crippen LogP contribution in [0.2, 0.25) is 0 Å². The van der Waals surface area contributed by atoms with E-state index in [2.05, 4.69) is 10.6 Å². The third-order valence-electron chi connectivity index (χ3n) is 4.09. The minimum atomic E-state index is -0.753. The Morgan fingerprint density at radius 3 is 2.37 bits per heavy atom. The summed E-state index contributed by atoms with van der Waals surface area (Å²) in [4.78, 5) is 49.1. The summed E-state index contributed by atoms with van der Waals surface area (Å²) in [5.41, 5.74) is 1.56. The second-order valence-electron chi connectivity index (χ2n) is 6.17. The van der Waals surface area contributed by atoms with Crippen molar-refractivity contribution in [1.82, 2.24) is 5.32 Å². The molecular formula is C21H24N2O6S. The van der Waals surface area contributed by atoms with Gasteiger partial charge in [-0.2, -0.15) is 0 Å². The Morgan fingerprint density at radius 2 is 1.73 bits per heavy atom. The van der Waals surface area contributed by atoms with E-state index in [0.717, 1.165) is 10.4 Å². The summed E-state index contributed by atoms with van der Waals surface area (Å²) in [6.07, 6.45) is 0.614. The predicted octanol–water partition coefficient (Wildman–Crippen LogP) is 2.71. The molecule has 2 amide bonds. The van der Waals surface area contributed by atoms with Crippen molar-refractivity contribution in [3.63, 3.8) is 0 Å². The first-order valence-corrected chi connectivity index (χ1v) is 10.3. The third kappa shape index (κ3) is 6.15. The first kappa shape index (κ1) is 23.1. The van der Waals surface area contributed by atoms with Gasteiger partial charge < -0.3 is 20.1 Å². The molecule has 8 nitrogen and oxygen atoms in total. The van der Waals surface area contributed by atoms with Crippen molar-refractivity contribution in [2.24, 2.45) is 0 Å². The van der Waals surface area contributed by atoms with Crippen molar-refractivity contribution < 1.29 is 28.7 Å². The number of amides is 2. The topological polar surface area (TPSA) is 111 Å². The first-order chi connectivity index (χ1) is 14.4. The van der Waals surface area contributed by atoms with Crippen molar-refractivity contribution in [3.8, 4) is 0 Å². The van der Waals surface area contributed by atoms with Crippen LogP contribution in [0.5, 0.6) is 0 Å². The largest absolute Gasteiger partial charge is 0.462 e. The number of benzene rings is 1. The number of esters is 2. The van der Waals surface area contributed by atoms with Crippen LogP contribution < -0.4 is 10.6 Å². The molecule has 9 heteroatoms. The predicted molar refractivity (Wildman–Crippen MR) is 113 cm³/mol. The van der Waals surface area contributed by atoms with Gasteiger partial charge in [-0.05, 0) is 38.0 Å². The molecule has 0 fully saturated rings. The van der Waals surface area contributed by atoms with Gasteiger partial charge in [0.25, 0.3) is 11.8 Å². The summed E-state index contributed by atoms with van der Waals surface area (Å²) < 4.78 is 9.98. The highest BCUT2D eigenvalue weighted by molar-refractivity contribution is 7.16. The Hall–Kier alpha value is -3.20. The highest BCUT2D eigenvalue weighted by Crippen LogP contribution is 2.34. The average molecular weight is 432 g/mol. The van der Waals surface area contributed by atoms with Crippen molar-refractivity contribution in [2.45, 2.75) is 27.2 Å². The van der Waals surface area contributed by atoms with Gasteiger partial charge in [0.1, 0.15) is 11.5 Å². The summed E-state index contributed by atoms with van der Waals surface area (Å²) >= 11 is 1.26. The number of carbonyl (C=O) groups excluding carboxylic acids is 4. The number of hydrogen-bond donors (Lipinski definition) is 2. The van der Waals surface area contributed by atoms with Crippen LogP contribution in [0.25, 0.3) is 0 Å². The maximum Gasteiger partial charge on any atom is 0.341 e. The molecule has 0 radical (unpaired) electrons. The van der Waals surface area contributed by atoms with E-state index >= 15 is 0 Å². The fourth-order valence-corrected chi connectivity index (χ4v) is 3.86. The Labute approximate surface area is 178 Å². The molecule has 1 heterocycles. The average Bonchev–Trinajstić information content (AvgIpc) is 3.05. The van der Waals surface area contributed by atoms with Crippen LogP contribution in [-0.4, -0.2) is 43.5 Å². The zero-order chi connectivity index (χ0) is 22.1. The lowest BCUT2D eigenvalue weighted by Crippen LogP contribution is -2.32. The molecule has 160 valence electrons. The highest BCUT2D eigenvalue weighted by atomic mass is 32.1. The minimum Gasteiger partial charge on any atom is -0.462 e. The summed E-state index contributed by atoms with van der Waals surface area (Å²) in [5.74, 6) is -2.27. The molecular weight excluding hydrogens is 408 g/mol. The van der Waals surface area contributed by atoms with Gasteiger partial charge >= 0.3 is 11.9 Å². The van der Waals surface area contributed by atoms with Crippen LogP contribution in [0.1, 0.15) is 45.0 Å². The Morgan fingerprint density at radius 1 is 1.03 bits per heavy atom. The normalized spacial score (nSPS) is 10.2. The van der Waals surface area contributed by atoms with Crippen LogP contribution >= 0.6 is 11.3 Å². The van der Waals surface area contributed by atoms with E-state index < -0.39 is 30.4 Å². The molecule has 30 heavy (non-hydrogen) atoms. The van der Waals surface area contributed by atoms with Crippen molar-refractivity contribution in [2.75, 3.05) is 25.1 Å². The second kappa shape index (κ2) is 11.1. The summed E-state index contributed by atoms with van der Waals surface area (Å²) in [7, 11) is 0. The molecule has 0 saturated carbocycles. The van der Waals surface area contributed by atoms with Crippen molar-refractivity contribution in [3.05, 3.63) is 51.9 Å². The van der Waals surface area contributed by atoms with E-state index in [1.807, 2.05) is 13.8 Å². The molecule has 2 N–H and O–H groups in total. The Bertz CT molecular complexity index is 923. The van der Waals surface area contributed by atoms with Gasteiger partial charge in [-0.25, -0.2) is 4.79 Å². The van der Waals surface area contributed by atoms with E-state index in [1.165, 1.54) is 11.3 Å². The van der Waals surface area contributed by atoms with E-state index in [1.54, 1.807) is 37.3 Å². The van der Waals surface area contributed by atoms with Gasteiger partial charge in [-0.1, -0.05) is 25.1 Å². The molecule has 1 aromatic heterocycles. The number of nitrogens with one attached hydrogen (secondary N) is 2. The quantitative estimate of drug-likeness (QED) is 0.590. The molecule has 0 aliphatic carbocycles. The number of ether oxygens (including phenoxy) is 2. The number of hydrogen-bond acceptors (Lipinski definition) is 7. The molecule has 0 spiro atoms. The fraction of sp³-hybridized carbons (Fsp3) is 0.333. The van der Waals surface area contributed by atoms with Crippen LogP contribution in [0.4, 0.5) is 5.00 Å². The molecule has 2 aromatic rings. The van der Waals surface area contributed by atoms with E-state index in [-0.39, 0.29) is 13.2 Å². The molecule has 0 bridgehead atoms. The summed E-state index contributed by atoms with van der Waals surface area (Å²) in [6, 6.07) is 8.41. The monoisotopic (exact) mass is 432 g/mol. The third-order valence-corrected chi connectivity index (χ3v) is 5.15. The number of anilines is 1. The second-order valence-corrected chi connectivity index (χ2v) is 7.40. The standard InChI is InChI=1S/C21H24N2O6S/c1-4-15-13(3)30-20(18(15)21(27)28-5-2)23-16(24)12-29-17(25)11-22-19(26)14-9-7-6-8-10-14/h6-10H,4-5,11-12H2,1-3H3,(H,22,26)(H,23,24). The molecule has 0 saturated heterocycles. The lowest BCUT2D eigenvalue weighted by Gasteiger charge is -2.09. The Balaban J connectivity index is 1.89.